The summed E-state index contributed by atoms with van der Waals surface area (Å²) in [6, 6.07) is 17.5. The van der Waals surface area contributed by atoms with Crippen molar-refractivity contribution >= 4 is 22.9 Å². The van der Waals surface area contributed by atoms with E-state index in [1.807, 2.05) is 66.2 Å². The number of aryl methyl sites for hydroxylation is 1. The number of benzene rings is 2. The van der Waals surface area contributed by atoms with Crippen molar-refractivity contribution < 1.29 is 9.90 Å². The van der Waals surface area contributed by atoms with Crippen LogP contribution in [-0.2, 0) is 11.8 Å². The summed E-state index contributed by atoms with van der Waals surface area (Å²) in [5.74, 6) is -1.22. The zero-order chi connectivity index (χ0) is 16.4. The molecule has 2 aromatic carbocycles. The Kier molecular flexibility index (Phi) is 3.70. The predicted molar refractivity (Wildman–Crippen MR) is 90.6 cm³/mol. The van der Waals surface area contributed by atoms with Gasteiger partial charge in [0.15, 0.2) is 0 Å². The average Bonchev–Trinajstić information content (AvgIpc) is 2.85. The summed E-state index contributed by atoms with van der Waals surface area (Å²) in [7, 11) is 1.94. The maximum absolute atomic E-state index is 11.2. The number of para-hydroxylation sites is 1. The second kappa shape index (κ2) is 5.82. The summed E-state index contributed by atoms with van der Waals surface area (Å²) in [5, 5.41) is 10.1. The lowest BCUT2D eigenvalue weighted by molar-refractivity contribution is -0.132. The molecule has 0 aliphatic rings. The van der Waals surface area contributed by atoms with Crippen LogP contribution in [0.3, 0.4) is 0 Å². The van der Waals surface area contributed by atoms with E-state index in [0.29, 0.717) is 0 Å². The van der Waals surface area contributed by atoms with E-state index in [-0.39, 0.29) is 5.70 Å². The van der Waals surface area contributed by atoms with Crippen LogP contribution >= 0.6 is 0 Å². The zero-order valence-corrected chi connectivity index (χ0v) is 12.5. The molecule has 0 fully saturated rings. The molecule has 23 heavy (non-hydrogen) atoms. The Morgan fingerprint density at radius 1 is 1.13 bits per heavy atom. The van der Waals surface area contributed by atoms with E-state index < -0.39 is 5.97 Å². The number of aliphatic carboxylic acids is 1. The number of nitrogens with zero attached hydrogens (tertiary/aromatic N) is 2. The number of hydrogen-bond acceptors (Lipinski definition) is 1. The number of rotatable bonds is 3. The molecule has 3 aromatic rings. The fourth-order valence-electron chi connectivity index (χ4n) is 2.79. The first-order valence-electron chi connectivity index (χ1n) is 7.08. The average molecular weight is 302 g/mol. The minimum Gasteiger partial charge on any atom is -0.486 e. The van der Waals surface area contributed by atoms with Gasteiger partial charge in [-0.2, -0.15) is 0 Å². The molecule has 112 valence electrons. The molecule has 0 bridgehead atoms. The van der Waals surface area contributed by atoms with Crippen molar-refractivity contribution in [1.82, 2.24) is 4.57 Å². The second-order valence-electron chi connectivity index (χ2n) is 5.15. The topological polar surface area (TPSA) is 46.6 Å². The van der Waals surface area contributed by atoms with Crippen LogP contribution in [0.25, 0.3) is 33.1 Å². The third kappa shape index (κ3) is 2.49. The Labute approximate surface area is 133 Å². The van der Waals surface area contributed by atoms with Gasteiger partial charge >= 0.3 is 5.97 Å². The van der Waals surface area contributed by atoms with Crippen LogP contribution in [0.15, 0.2) is 60.3 Å². The monoisotopic (exact) mass is 302 g/mol. The normalized spacial score (nSPS) is 11.4. The third-order valence-electron chi connectivity index (χ3n) is 3.81. The van der Waals surface area contributed by atoms with Gasteiger partial charge in [0.2, 0.25) is 0 Å². The maximum atomic E-state index is 11.2. The minimum atomic E-state index is -1.22. The highest BCUT2D eigenvalue weighted by atomic mass is 16.4. The van der Waals surface area contributed by atoms with Gasteiger partial charge in [-0.3, -0.25) is 4.79 Å². The van der Waals surface area contributed by atoms with Crippen molar-refractivity contribution in [3.63, 3.8) is 0 Å². The lowest BCUT2D eigenvalue weighted by Crippen LogP contribution is -1.96. The summed E-state index contributed by atoms with van der Waals surface area (Å²) in [4.78, 5) is 14.4. The van der Waals surface area contributed by atoms with Crippen LogP contribution < -0.4 is 0 Å². The lowest BCUT2D eigenvalue weighted by Gasteiger charge is -2.06. The molecule has 4 heteroatoms. The molecule has 0 aliphatic carbocycles. The van der Waals surface area contributed by atoms with Crippen molar-refractivity contribution in [2.75, 3.05) is 0 Å². The van der Waals surface area contributed by atoms with Gasteiger partial charge in [-0.15, -0.1) is 0 Å². The van der Waals surface area contributed by atoms with Crippen LogP contribution in [0.5, 0.6) is 0 Å². The van der Waals surface area contributed by atoms with Gasteiger partial charge in [0.25, 0.3) is 5.70 Å². The van der Waals surface area contributed by atoms with E-state index in [9.17, 15) is 9.90 Å². The van der Waals surface area contributed by atoms with Gasteiger partial charge in [0.05, 0.1) is 12.3 Å². The molecule has 1 heterocycles. The largest absolute Gasteiger partial charge is 0.486 e. The summed E-state index contributed by atoms with van der Waals surface area (Å²) < 4.78 is 2.03. The quantitative estimate of drug-likeness (QED) is 0.582. The van der Waals surface area contributed by atoms with Gasteiger partial charge in [0.1, 0.15) is 0 Å². The number of carbonyl (C=O) groups is 1. The summed E-state index contributed by atoms with van der Waals surface area (Å²) in [5.41, 5.74) is 3.33. The van der Waals surface area contributed by atoms with Crippen molar-refractivity contribution in [2.24, 2.45) is 7.05 Å². The highest BCUT2D eigenvalue weighted by Gasteiger charge is 2.17. The molecule has 0 unspecified atom stereocenters. The van der Waals surface area contributed by atoms with Gasteiger partial charge in [0, 0.05) is 18.0 Å². The molecular formula is C19H14N2O2. The zero-order valence-electron chi connectivity index (χ0n) is 12.5. The van der Waals surface area contributed by atoms with Gasteiger partial charge in [-0.05, 0) is 23.3 Å². The van der Waals surface area contributed by atoms with Crippen LogP contribution in [0.2, 0.25) is 0 Å². The fourth-order valence-corrected chi connectivity index (χ4v) is 2.79. The van der Waals surface area contributed by atoms with Crippen LogP contribution in [-0.4, -0.2) is 15.6 Å². The third-order valence-corrected chi connectivity index (χ3v) is 3.81. The Morgan fingerprint density at radius 2 is 1.78 bits per heavy atom. The Balaban J connectivity index is 2.40. The Bertz CT molecular complexity index is 960. The molecule has 0 saturated heterocycles. The summed E-state index contributed by atoms with van der Waals surface area (Å²) in [6.45, 7) is 7.10. The Hall–Kier alpha value is -3.32. The number of carboxylic acid groups (broad SMARTS) is 1. The standard InChI is InChI=1S/C19H14N2O2/c1-20-16(19(22)23)12-15-14-10-6-7-11-17(14)21(2)18(15)13-8-4-3-5-9-13/h3-12H,2H3,(H,22,23)/b16-12-. The molecule has 1 N–H and O–H groups in total. The van der Waals surface area contributed by atoms with Crippen LogP contribution in [0, 0.1) is 6.57 Å². The number of carboxylic acids is 1. The minimum absolute atomic E-state index is 0.293. The molecule has 0 amide bonds. The summed E-state index contributed by atoms with van der Waals surface area (Å²) >= 11 is 0. The van der Waals surface area contributed by atoms with Crippen molar-refractivity contribution in [3.8, 4) is 11.3 Å². The van der Waals surface area contributed by atoms with Gasteiger partial charge in [-0.25, -0.2) is 4.85 Å². The van der Waals surface area contributed by atoms with Gasteiger partial charge < -0.3 is 9.67 Å². The number of hydrogen-bond donors (Lipinski definition) is 1. The van der Waals surface area contributed by atoms with Crippen molar-refractivity contribution in [2.45, 2.75) is 0 Å². The fraction of sp³-hybridized carbons (Fsp3) is 0.0526. The van der Waals surface area contributed by atoms with Gasteiger partial charge in [-0.1, -0.05) is 48.5 Å². The number of fused-ring (bicyclic) bond motifs is 1. The van der Waals surface area contributed by atoms with E-state index in [0.717, 1.165) is 27.7 Å². The van der Waals surface area contributed by atoms with E-state index in [2.05, 4.69) is 4.85 Å². The second-order valence-corrected chi connectivity index (χ2v) is 5.15. The van der Waals surface area contributed by atoms with Crippen molar-refractivity contribution in [3.05, 3.63) is 77.3 Å². The molecule has 1 aromatic heterocycles. The molecular weight excluding hydrogens is 288 g/mol. The predicted octanol–water partition coefficient (Wildman–Crippen LogP) is 4.19. The first kappa shape index (κ1) is 14.6. The summed E-state index contributed by atoms with van der Waals surface area (Å²) in [6.07, 6.45) is 1.46. The highest BCUT2D eigenvalue weighted by molar-refractivity contribution is 6.03. The highest BCUT2D eigenvalue weighted by Crippen LogP contribution is 2.34. The van der Waals surface area contributed by atoms with Crippen LogP contribution in [0.4, 0.5) is 0 Å². The van der Waals surface area contributed by atoms with E-state index >= 15 is 0 Å². The lowest BCUT2D eigenvalue weighted by atomic mass is 10.0. The Morgan fingerprint density at radius 3 is 2.43 bits per heavy atom. The van der Waals surface area contributed by atoms with E-state index in [1.54, 1.807) is 0 Å². The first-order chi connectivity index (χ1) is 11.1. The molecule has 4 nitrogen and oxygen atoms in total. The van der Waals surface area contributed by atoms with Crippen molar-refractivity contribution in [1.29, 1.82) is 0 Å². The smallest absolute Gasteiger partial charge is 0.333 e. The number of aromatic nitrogens is 1. The molecule has 0 spiro atoms. The van der Waals surface area contributed by atoms with Crippen LogP contribution in [0.1, 0.15) is 5.56 Å². The molecule has 0 aliphatic heterocycles. The molecule has 3 rings (SSSR count). The molecule has 0 atom stereocenters. The van der Waals surface area contributed by atoms with E-state index in [1.165, 1.54) is 6.08 Å². The first-order valence-corrected chi connectivity index (χ1v) is 7.08. The maximum Gasteiger partial charge on any atom is 0.333 e. The van der Waals surface area contributed by atoms with E-state index in [4.69, 9.17) is 6.57 Å². The molecule has 0 radical (unpaired) electrons. The SMILES string of the molecule is [C-]#[N+]/C(=C\c1c(-c2ccccc2)n(C)c2ccccc12)C(=O)O. The molecule has 0 saturated carbocycles.